The van der Waals surface area contributed by atoms with E-state index >= 15 is 0 Å². The lowest BCUT2D eigenvalue weighted by Crippen LogP contribution is -2.31. The first-order chi connectivity index (χ1) is 8.45. The average Bonchev–Trinajstić information content (AvgIpc) is 2.35. The van der Waals surface area contributed by atoms with Gasteiger partial charge in [0, 0.05) is 11.5 Å². The van der Waals surface area contributed by atoms with Crippen molar-refractivity contribution in [3.8, 4) is 18.1 Å². The van der Waals surface area contributed by atoms with Gasteiger partial charge in [0.25, 0.3) is 0 Å². The molecule has 1 heteroatoms. The monoisotopic (exact) mass is 240 g/mol. The third-order valence-electron chi connectivity index (χ3n) is 3.67. The largest absolute Gasteiger partial charge is 0.493 e. The molecule has 18 heavy (non-hydrogen) atoms. The highest BCUT2D eigenvalue weighted by atomic mass is 16.5. The second kappa shape index (κ2) is 4.53. The Morgan fingerprint density at radius 2 is 2.06 bits per heavy atom. The fraction of sp³-hybridized carbons (Fsp3) is 0.412. The number of hydrogen-bond acceptors (Lipinski definition) is 1. The summed E-state index contributed by atoms with van der Waals surface area (Å²) in [6.07, 6.45) is 5.74. The molecule has 0 bridgehead atoms. The molecule has 94 valence electrons. The van der Waals surface area contributed by atoms with Crippen LogP contribution in [0.4, 0.5) is 0 Å². The number of benzene rings is 1. The summed E-state index contributed by atoms with van der Waals surface area (Å²) in [6.45, 7) is 11.4. The zero-order chi connectivity index (χ0) is 13.3. The second-order valence-corrected chi connectivity index (χ2v) is 5.87. The van der Waals surface area contributed by atoms with E-state index in [0.717, 1.165) is 11.3 Å². The Morgan fingerprint density at radius 3 is 2.67 bits per heavy atom. The van der Waals surface area contributed by atoms with Gasteiger partial charge >= 0.3 is 0 Å². The van der Waals surface area contributed by atoms with Crippen molar-refractivity contribution in [1.29, 1.82) is 0 Å². The van der Waals surface area contributed by atoms with E-state index in [1.165, 1.54) is 5.57 Å². The molecule has 0 saturated heterocycles. The number of fused-ring (bicyclic) bond motifs is 1. The molecular weight excluding hydrogens is 220 g/mol. The van der Waals surface area contributed by atoms with Gasteiger partial charge in [-0.15, -0.1) is 6.42 Å². The van der Waals surface area contributed by atoms with Gasteiger partial charge in [-0.25, -0.2) is 0 Å². The maximum Gasteiger partial charge on any atom is 0.123 e. The predicted octanol–water partition coefficient (Wildman–Crippen LogP) is 4.01. The molecule has 0 fully saturated rings. The van der Waals surface area contributed by atoms with Crippen molar-refractivity contribution < 1.29 is 4.74 Å². The lowest BCUT2D eigenvalue weighted by Gasteiger charge is -2.36. The van der Waals surface area contributed by atoms with Crippen LogP contribution in [0.3, 0.4) is 0 Å². The summed E-state index contributed by atoms with van der Waals surface area (Å²) in [7, 11) is 0. The lowest BCUT2D eigenvalue weighted by molar-refractivity contribution is 0.215. The van der Waals surface area contributed by atoms with Crippen LogP contribution in [-0.2, 0) is 0 Å². The van der Waals surface area contributed by atoms with Gasteiger partial charge in [0.1, 0.15) is 5.75 Å². The summed E-state index contributed by atoms with van der Waals surface area (Å²) in [5.74, 6) is 4.11. The van der Waals surface area contributed by atoms with E-state index in [-0.39, 0.29) is 17.3 Å². The number of ether oxygens (including phenoxy) is 1. The van der Waals surface area contributed by atoms with Crippen LogP contribution in [-0.4, -0.2) is 6.61 Å². The Morgan fingerprint density at radius 1 is 1.39 bits per heavy atom. The van der Waals surface area contributed by atoms with Gasteiger partial charge in [0.15, 0.2) is 0 Å². The quantitative estimate of drug-likeness (QED) is 0.532. The van der Waals surface area contributed by atoms with Crippen LogP contribution in [0.1, 0.15) is 32.3 Å². The summed E-state index contributed by atoms with van der Waals surface area (Å²) in [5, 5.41) is 0. The van der Waals surface area contributed by atoms with Gasteiger partial charge in [0.05, 0.1) is 12.5 Å². The first kappa shape index (κ1) is 12.8. The minimum absolute atomic E-state index is 0.0510. The zero-order valence-electron chi connectivity index (χ0n) is 11.4. The van der Waals surface area contributed by atoms with Crippen LogP contribution in [0.25, 0.3) is 0 Å². The molecule has 0 saturated carbocycles. The minimum atomic E-state index is 0.0510. The van der Waals surface area contributed by atoms with Gasteiger partial charge in [-0.3, -0.25) is 0 Å². The molecule has 0 aromatic heterocycles. The molecule has 1 aromatic carbocycles. The molecule has 2 atom stereocenters. The highest BCUT2D eigenvalue weighted by Crippen LogP contribution is 2.43. The molecule has 0 aliphatic carbocycles. The smallest absolute Gasteiger partial charge is 0.123 e. The van der Waals surface area contributed by atoms with Crippen molar-refractivity contribution in [3.63, 3.8) is 0 Å². The maximum atomic E-state index is 5.83. The standard InChI is InChI=1S/C17H20O/c1-6-13-14-9-7-8-10-16(14)18-11-15(13)12(2)17(3,4)5/h1,7-10,13,15H,2,11H2,3-5H3/t13-,15-/m1/s1. The van der Waals surface area contributed by atoms with Gasteiger partial charge in [0.2, 0.25) is 0 Å². The summed E-state index contributed by atoms with van der Waals surface area (Å²) in [4.78, 5) is 0. The van der Waals surface area contributed by atoms with Crippen LogP contribution < -0.4 is 4.74 Å². The third kappa shape index (κ3) is 2.16. The van der Waals surface area contributed by atoms with Crippen LogP contribution in [0.5, 0.6) is 5.75 Å². The molecule has 1 heterocycles. The average molecular weight is 240 g/mol. The number of rotatable bonds is 1. The number of para-hydroxylation sites is 1. The minimum Gasteiger partial charge on any atom is -0.493 e. The van der Waals surface area contributed by atoms with Gasteiger partial charge in [-0.1, -0.05) is 57.0 Å². The highest BCUT2D eigenvalue weighted by Gasteiger charge is 2.35. The molecule has 1 nitrogen and oxygen atoms in total. The Hall–Kier alpha value is -1.68. The van der Waals surface area contributed by atoms with E-state index in [9.17, 15) is 0 Å². The van der Waals surface area contributed by atoms with E-state index in [1.54, 1.807) is 0 Å². The Labute approximate surface area is 110 Å². The molecule has 0 N–H and O–H groups in total. The molecule has 1 aliphatic rings. The van der Waals surface area contributed by atoms with Crippen LogP contribution >= 0.6 is 0 Å². The normalized spacial score (nSPS) is 22.6. The first-order valence-corrected chi connectivity index (χ1v) is 6.32. The second-order valence-electron chi connectivity index (χ2n) is 5.87. The SMILES string of the molecule is C#C[C@@H]1c2ccccc2OC[C@@H]1C(=C)C(C)(C)C. The highest BCUT2D eigenvalue weighted by molar-refractivity contribution is 5.44. The maximum absolute atomic E-state index is 5.83. The number of terminal acetylenes is 1. The van der Waals surface area contributed by atoms with Gasteiger partial charge in [-0.2, -0.15) is 0 Å². The Balaban J connectivity index is 2.38. The van der Waals surface area contributed by atoms with Crippen molar-refractivity contribution in [2.75, 3.05) is 6.61 Å². The molecule has 0 radical (unpaired) electrons. The van der Waals surface area contributed by atoms with E-state index in [1.807, 2.05) is 18.2 Å². The number of hydrogen-bond donors (Lipinski definition) is 0. The van der Waals surface area contributed by atoms with Crippen molar-refractivity contribution >= 4 is 0 Å². The van der Waals surface area contributed by atoms with Crippen LogP contribution in [0.15, 0.2) is 36.4 Å². The summed E-state index contributed by atoms with van der Waals surface area (Å²) < 4.78 is 5.83. The van der Waals surface area contributed by atoms with E-state index in [0.29, 0.717) is 6.61 Å². The van der Waals surface area contributed by atoms with Crippen molar-refractivity contribution in [2.24, 2.45) is 11.3 Å². The molecule has 0 amide bonds. The van der Waals surface area contributed by atoms with Crippen LogP contribution in [0, 0.1) is 23.7 Å². The topological polar surface area (TPSA) is 9.23 Å². The Bertz CT molecular complexity index is 499. The first-order valence-electron chi connectivity index (χ1n) is 6.32. The van der Waals surface area contributed by atoms with Crippen molar-refractivity contribution in [2.45, 2.75) is 26.7 Å². The molecule has 0 spiro atoms. The van der Waals surface area contributed by atoms with Gasteiger partial charge in [-0.05, 0) is 11.5 Å². The molecular formula is C17H20O. The van der Waals surface area contributed by atoms with Crippen LogP contribution in [0.2, 0.25) is 0 Å². The lowest BCUT2D eigenvalue weighted by atomic mass is 9.72. The zero-order valence-corrected chi connectivity index (χ0v) is 11.4. The fourth-order valence-electron chi connectivity index (χ4n) is 2.43. The summed E-state index contributed by atoms with van der Waals surface area (Å²) >= 11 is 0. The molecule has 0 unspecified atom stereocenters. The predicted molar refractivity (Wildman–Crippen MR) is 75.6 cm³/mol. The molecule has 1 aromatic rings. The van der Waals surface area contributed by atoms with Crippen molar-refractivity contribution in [1.82, 2.24) is 0 Å². The molecule has 2 rings (SSSR count). The fourth-order valence-corrected chi connectivity index (χ4v) is 2.43. The van der Waals surface area contributed by atoms with Crippen molar-refractivity contribution in [3.05, 3.63) is 42.0 Å². The van der Waals surface area contributed by atoms with E-state index in [2.05, 4.69) is 39.3 Å². The van der Waals surface area contributed by atoms with Gasteiger partial charge < -0.3 is 4.74 Å². The Kier molecular flexibility index (Phi) is 3.22. The van der Waals surface area contributed by atoms with E-state index in [4.69, 9.17) is 11.2 Å². The molecule has 1 aliphatic heterocycles. The van der Waals surface area contributed by atoms with E-state index < -0.39 is 0 Å². The third-order valence-corrected chi connectivity index (χ3v) is 3.67. The summed E-state index contributed by atoms with van der Waals surface area (Å²) in [6, 6.07) is 8.03. The summed E-state index contributed by atoms with van der Waals surface area (Å²) in [5.41, 5.74) is 2.33.